The average Bonchev–Trinajstić information content (AvgIpc) is 2.80. The Morgan fingerprint density at radius 1 is 1.04 bits per heavy atom. The predicted molar refractivity (Wildman–Crippen MR) is 84.5 cm³/mol. The third kappa shape index (κ3) is 2.72. The molecule has 0 unspecified atom stereocenters. The van der Waals surface area contributed by atoms with Gasteiger partial charge in [0, 0.05) is 12.8 Å². The van der Waals surface area contributed by atoms with Crippen LogP contribution in [0.3, 0.4) is 0 Å². The van der Waals surface area contributed by atoms with E-state index in [2.05, 4.69) is 5.32 Å². The number of anilines is 2. The molecular formula is C17H14N2O4. The molecule has 2 aromatic rings. The highest BCUT2D eigenvalue weighted by Crippen LogP contribution is 2.29. The van der Waals surface area contributed by atoms with Gasteiger partial charge in [0.15, 0.2) is 0 Å². The zero-order chi connectivity index (χ0) is 16.4. The number of hydrogen-bond donors (Lipinski definition) is 1. The largest absolute Gasteiger partial charge is 0.375 e. The predicted octanol–water partition coefficient (Wildman–Crippen LogP) is 2.07. The fourth-order valence-corrected chi connectivity index (χ4v) is 2.47. The normalized spacial score (nSPS) is 13.2. The van der Waals surface area contributed by atoms with Gasteiger partial charge in [-0.05, 0) is 30.3 Å². The second-order valence-electron chi connectivity index (χ2n) is 5.02. The second-order valence-corrected chi connectivity index (χ2v) is 5.02. The Balaban J connectivity index is 1.90. The molecule has 0 spiro atoms. The summed E-state index contributed by atoms with van der Waals surface area (Å²) in [6.07, 6.45) is 0. The van der Waals surface area contributed by atoms with Crippen molar-refractivity contribution in [1.29, 1.82) is 0 Å². The van der Waals surface area contributed by atoms with Crippen LogP contribution in [-0.2, 0) is 9.53 Å². The summed E-state index contributed by atoms with van der Waals surface area (Å²) in [5, 5.41) is 2.64. The van der Waals surface area contributed by atoms with Crippen LogP contribution < -0.4 is 10.2 Å². The first-order chi connectivity index (χ1) is 11.1. The van der Waals surface area contributed by atoms with Crippen LogP contribution >= 0.6 is 0 Å². The molecule has 6 nitrogen and oxygen atoms in total. The zero-order valence-electron chi connectivity index (χ0n) is 12.4. The molecule has 23 heavy (non-hydrogen) atoms. The number of nitrogens with zero attached hydrogens (tertiary/aromatic N) is 1. The van der Waals surface area contributed by atoms with E-state index < -0.39 is 0 Å². The van der Waals surface area contributed by atoms with Crippen LogP contribution in [0.1, 0.15) is 20.7 Å². The van der Waals surface area contributed by atoms with Gasteiger partial charge in [0.1, 0.15) is 6.61 Å². The Labute approximate surface area is 132 Å². The van der Waals surface area contributed by atoms with Crippen molar-refractivity contribution in [3.05, 3.63) is 59.7 Å². The summed E-state index contributed by atoms with van der Waals surface area (Å²) in [4.78, 5) is 37.6. The van der Waals surface area contributed by atoms with E-state index in [0.717, 1.165) is 4.90 Å². The molecule has 0 radical (unpaired) electrons. The van der Waals surface area contributed by atoms with Gasteiger partial charge in [-0.2, -0.15) is 0 Å². The van der Waals surface area contributed by atoms with Crippen molar-refractivity contribution in [3.8, 4) is 0 Å². The molecule has 0 fully saturated rings. The summed E-state index contributed by atoms with van der Waals surface area (Å²) in [5.41, 5.74) is 1.66. The number of carbonyl (C=O) groups is 3. The second kappa shape index (κ2) is 6.02. The molecule has 0 bridgehead atoms. The van der Waals surface area contributed by atoms with Crippen molar-refractivity contribution >= 4 is 29.1 Å². The molecular weight excluding hydrogens is 296 g/mol. The van der Waals surface area contributed by atoms with Crippen molar-refractivity contribution in [2.45, 2.75) is 0 Å². The van der Waals surface area contributed by atoms with Crippen LogP contribution in [0.25, 0.3) is 0 Å². The van der Waals surface area contributed by atoms with E-state index in [1.165, 1.54) is 7.11 Å². The summed E-state index contributed by atoms with van der Waals surface area (Å²) < 4.78 is 4.75. The first-order valence-electron chi connectivity index (χ1n) is 6.98. The van der Waals surface area contributed by atoms with E-state index in [0.29, 0.717) is 22.5 Å². The minimum atomic E-state index is -0.369. The molecule has 1 heterocycles. The number of carbonyl (C=O) groups excluding carboxylic acids is 3. The van der Waals surface area contributed by atoms with Crippen molar-refractivity contribution < 1.29 is 19.1 Å². The van der Waals surface area contributed by atoms with E-state index in [9.17, 15) is 14.4 Å². The van der Waals surface area contributed by atoms with Crippen molar-refractivity contribution in [2.75, 3.05) is 23.9 Å². The topological polar surface area (TPSA) is 75.7 Å². The highest BCUT2D eigenvalue weighted by molar-refractivity contribution is 6.34. The monoisotopic (exact) mass is 310 g/mol. The lowest BCUT2D eigenvalue weighted by Crippen LogP contribution is -2.29. The highest BCUT2D eigenvalue weighted by Gasteiger charge is 2.36. The van der Waals surface area contributed by atoms with Gasteiger partial charge in [0.2, 0.25) is 5.91 Å². The molecule has 116 valence electrons. The Kier molecular flexibility index (Phi) is 3.91. The van der Waals surface area contributed by atoms with Crippen LogP contribution in [0.4, 0.5) is 11.4 Å². The van der Waals surface area contributed by atoms with Gasteiger partial charge < -0.3 is 10.1 Å². The molecule has 3 amide bonds. The van der Waals surface area contributed by atoms with Gasteiger partial charge in [0.25, 0.3) is 11.8 Å². The van der Waals surface area contributed by atoms with Gasteiger partial charge in [-0.1, -0.05) is 18.2 Å². The lowest BCUT2D eigenvalue weighted by molar-refractivity contribution is -0.119. The standard InChI is InChI=1S/C17H14N2O4/c1-23-10-15(20)18-11-5-4-6-12(9-11)19-16(21)13-7-2-3-8-14(13)17(19)22/h2-9H,10H2,1H3,(H,18,20). The van der Waals surface area contributed by atoms with Crippen LogP contribution in [0.2, 0.25) is 0 Å². The van der Waals surface area contributed by atoms with Gasteiger partial charge in [-0.15, -0.1) is 0 Å². The molecule has 0 saturated carbocycles. The summed E-state index contributed by atoms with van der Waals surface area (Å²) in [6.45, 7) is -0.0722. The molecule has 0 saturated heterocycles. The number of fused-ring (bicyclic) bond motifs is 1. The fraction of sp³-hybridized carbons (Fsp3) is 0.118. The number of imide groups is 1. The molecule has 1 N–H and O–H groups in total. The number of methoxy groups -OCH3 is 1. The lowest BCUT2D eigenvalue weighted by Gasteiger charge is -2.15. The van der Waals surface area contributed by atoms with Gasteiger partial charge in [-0.3, -0.25) is 14.4 Å². The minimum Gasteiger partial charge on any atom is -0.375 e. The van der Waals surface area contributed by atoms with Crippen molar-refractivity contribution in [3.63, 3.8) is 0 Å². The molecule has 1 aliphatic heterocycles. The molecule has 0 aliphatic carbocycles. The third-order valence-electron chi connectivity index (χ3n) is 3.46. The van der Waals surface area contributed by atoms with E-state index in [1.807, 2.05) is 0 Å². The Bertz CT molecular complexity index is 766. The number of benzene rings is 2. The van der Waals surface area contributed by atoms with Gasteiger partial charge >= 0.3 is 0 Å². The summed E-state index contributed by atoms with van der Waals surface area (Å²) >= 11 is 0. The van der Waals surface area contributed by atoms with Crippen LogP contribution in [0, 0.1) is 0 Å². The lowest BCUT2D eigenvalue weighted by atomic mass is 10.1. The SMILES string of the molecule is COCC(=O)Nc1cccc(N2C(=O)c3ccccc3C2=O)c1. The Hall–Kier alpha value is -2.99. The molecule has 0 aromatic heterocycles. The Morgan fingerprint density at radius 2 is 1.70 bits per heavy atom. The van der Waals surface area contributed by atoms with E-state index in [1.54, 1.807) is 48.5 Å². The number of hydrogen-bond acceptors (Lipinski definition) is 4. The number of rotatable bonds is 4. The zero-order valence-corrected chi connectivity index (χ0v) is 12.4. The maximum atomic E-state index is 12.4. The smallest absolute Gasteiger partial charge is 0.266 e. The van der Waals surface area contributed by atoms with Crippen molar-refractivity contribution in [1.82, 2.24) is 0 Å². The van der Waals surface area contributed by atoms with Crippen LogP contribution in [0.15, 0.2) is 48.5 Å². The fourth-order valence-electron chi connectivity index (χ4n) is 2.47. The summed E-state index contributed by atoms with van der Waals surface area (Å²) in [7, 11) is 1.43. The molecule has 3 rings (SSSR count). The summed E-state index contributed by atoms with van der Waals surface area (Å²) in [5.74, 6) is -1.05. The number of amides is 3. The van der Waals surface area contributed by atoms with Crippen molar-refractivity contribution in [2.24, 2.45) is 0 Å². The minimum absolute atomic E-state index is 0.0722. The van der Waals surface area contributed by atoms with E-state index in [-0.39, 0.29) is 24.3 Å². The maximum Gasteiger partial charge on any atom is 0.266 e. The Morgan fingerprint density at radius 3 is 2.30 bits per heavy atom. The van der Waals surface area contributed by atoms with E-state index >= 15 is 0 Å². The first-order valence-corrected chi connectivity index (χ1v) is 6.98. The van der Waals surface area contributed by atoms with Crippen LogP contribution in [0.5, 0.6) is 0 Å². The first kappa shape index (κ1) is 14.9. The molecule has 6 heteroatoms. The quantitative estimate of drug-likeness (QED) is 0.877. The molecule has 2 aromatic carbocycles. The van der Waals surface area contributed by atoms with E-state index in [4.69, 9.17) is 4.74 Å². The molecule has 0 atom stereocenters. The van der Waals surface area contributed by atoms with Gasteiger partial charge in [-0.25, -0.2) is 4.90 Å². The maximum absolute atomic E-state index is 12.4. The highest BCUT2D eigenvalue weighted by atomic mass is 16.5. The third-order valence-corrected chi connectivity index (χ3v) is 3.46. The van der Waals surface area contributed by atoms with Gasteiger partial charge in [0.05, 0.1) is 16.8 Å². The number of ether oxygens (including phenoxy) is 1. The molecule has 1 aliphatic rings. The summed E-state index contributed by atoms with van der Waals surface area (Å²) in [6, 6.07) is 13.3. The number of nitrogens with one attached hydrogen (secondary N) is 1. The average molecular weight is 310 g/mol. The van der Waals surface area contributed by atoms with Crippen LogP contribution in [-0.4, -0.2) is 31.4 Å².